The normalized spacial score (nSPS) is 12.0. The predicted molar refractivity (Wildman–Crippen MR) is 122 cm³/mol. The molecule has 0 atom stereocenters. The minimum absolute atomic E-state index is 0.0379. The van der Waals surface area contributed by atoms with E-state index in [1.54, 1.807) is 0 Å². The van der Waals surface area contributed by atoms with Gasteiger partial charge >= 0.3 is 12.1 Å². The van der Waals surface area contributed by atoms with Gasteiger partial charge in [-0.25, -0.2) is 9.59 Å². The van der Waals surface area contributed by atoms with Crippen molar-refractivity contribution >= 4 is 23.7 Å². The van der Waals surface area contributed by atoms with Crippen LogP contribution in [0, 0.1) is 0 Å². The molecule has 1 aromatic heterocycles. The van der Waals surface area contributed by atoms with Crippen LogP contribution in [0.2, 0.25) is 0 Å². The van der Waals surface area contributed by atoms with Crippen molar-refractivity contribution in [3.8, 4) is 11.1 Å². The third-order valence-electron chi connectivity index (χ3n) is 5.32. The molecule has 0 aliphatic heterocycles. The average Bonchev–Trinajstić information content (AvgIpc) is 3.39. The van der Waals surface area contributed by atoms with Gasteiger partial charge in [0.15, 0.2) is 0 Å². The number of nitrogens with one attached hydrogen (secondary N) is 2. The van der Waals surface area contributed by atoms with Gasteiger partial charge in [-0.3, -0.25) is 14.8 Å². The average molecular weight is 464 g/mol. The van der Waals surface area contributed by atoms with Crippen LogP contribution in [0.5, 0.6) is 0 Å². The lowest BCUT2D eigenvalue weighted by atomic mass is 9.98. The Morgan fingerprint density at radius 2 is 1.71 bits per heavy atom. The van der Waals surface area contributed by atoms with Gasteiger partial charge in [-0.05, 0) is 22.3 Å². The fraction of sp³-hybridized carbons (Fsp3) is 0.250. The highest BCUT2D eigenvalue weighted by atomic mass is 16.5. The highest BCUT2D eigenvalue weighted by molar-refractivity contribution is 5.85. The van der Waals surface area contributed by atoms with Gasteiger partial charge in [-0.2, -0.15) is 5.10 Å². The molecule has 3 aromatic rings. The first kappa shape index (κ1) is 23.0. The first-order valence-corrected chi connectivity index (χ1v) is 10.7. The summed E-state index contributed by atoms with van der Waals surface area (Å²) in [5, 5.41) is 17.8. The Balaban J connectivity index is 1.25. The number of aliphatic carboxylic acids is 1. The van der Waals surface area contributed by atoms with Crippen molar-refractivity contribution in [3.63, 3.8) is 0 Å². The summed E-state index contributed by atoms with van der Waals surface area (Å²) in [6.45, 7) is -0.0183. The molecule has 176 valence electrons. The second-order valence-corrected chi connectivity index (χ2v) is 7.67. The van der Waals surface area contributed by atoms with Gasteiger partial charge < -0.3 is 19.9 Å². The number of carboxylic acid groups (broad SMARTS) is 1. The van der Waals surface area contributed by atoms with E-state index < -0.39 is 18.7 Å². The quantitative estimate of drug-likeness (QED) is 0.393. The lowest BCUT2D eigenvalue weighted by Gasteiger charge is -2.14. The molecule has 0 saturated carbocycles. The van der Waals surface area contributed by atoms with Crippen molar-refractivity contribution in [3.05, 3.63) is 72.1 Å². The molecule has 0 bridgehead atoms. The Labute approximate surface area is 195 Å². The first-order chi connectivity index (χ1) is 16.5. The molecule has 3 N–H and O–H groups in total. The van der Waals surface area contributed by atoms with E-state index >= 15 is 0 Å². The zero-order valence-corrected chi connectivity index (χ0v) is 18.3. The fourth-order valence-corrected chi connectivity index (χ4v) is 3.89. The van der Waals surface area contributed by atoms with Crippen molar-refractivity contribution in [2.24, 2.45) is 0 Å². The number of carbonyl (C=O) groups is 3. The summed E-state index contributed by atoms with van der Waals surface area (Å²) in [5.74, 6) is -1.43. The standard InChI is InChI=1S/C24H24N4O6/c29-22(25-9-10-33-15-23(30)31)13-28-12-16(11-26-28)27-24(32)34-14-21-19-7-3-1-5-17(19)18-6-2-4-8-20(18)21/h1-8,11-12,21H,9-10,13-15H2,(H,25,29)(H,27,32)(H,30,31). The summed E-state index contributed by atoms with van der Waals surface area (Å²) in [6, 6.07) is 16.2. The largest absolute Gasteiger partial charge is 0.480 e. The Kier molecular flexibility index (Phi) is 7.19. The van der Waals surface area contributed by atoms with E-state index in [9.17, 15) is 14.4 Å². The number of amides is 2. The van der Waals surface area contributed by atoms with Crippen LogP contribution < -0.4 is 10.6 Å². The van der Waals surface area contributed by atoms with Gasteiger partial charge in [0.05, 0.1) is 18.5 Å². The maximum atomic E-state index is 12.4. The molecule has 10 nitrogen and oxygen atoms in total. The minimum atomic E-state index is -1.07. The number of fused-ring (bicyclic) bond motifs is 3. The third kappa shape index (κ3) is 5.59. The van der Waals surface area contributed by atoms with Crippen LogP contribution in [0.3, 0.4) is 0 Å². The molecule has 34 heavy (non-hydrogen) atoms. The number of aromatic nitrogens is 2. The third-order valence-corrected chi connectivity index (χ3v) is 5.32. The number of carbonyl (C=O) groups excluding carboxylic acids is 2. The van der Waals surface area contributed by atoms with Crippen LogP contribution >= 0.6 is 0 Å². The zero-order valence-electron chi connectivity index (χ0n) is 18.3. The number of anilines is 1. The summed E-state index contributed by atoms with van der Waals surface area (Å²) in [5.41, 5.74) is 4.96. The van der Waals surface area contributed by atoms with E-state index in [-0.39, 0.29) is 38.1 Å². The van der Waals surface area contributed by atoms with E-state index in [1.165, 1.54) is 17.1 Å². The number of ether oxygens (including phenoxy) is 2. The van der Waals surface area contributed by atoms with Crippen LogP contribution in [-0.4, -0.2) is 59.2 Å². The molecule has 0 radical (unpaired) electrons. The van der Waals surface area contributed by atoms with E-state index in [0.29, 0.717) is 5.69 Å². The fourth-order valence-electron chi connectivity index (χ4n) is 3.89. The second kappa shape index (κ2) is 10.6. The summed E-state index contributed by atoms with van der Waals surface area (Å²) in [7, 11) is 0. The molecule has 2 aromatic carbocycles. The Morgan fingerprint density at radius 3 is 2.38 bits per heavy atom. The molecule has 0 fully saturated rings. The maximum Gasteiger partial charge on any atom is 0.411 e. The van der Waals surface area contributed by atoms with Gasteiger partial charge in [0, 0.05) is 18.7 Å². The van der Waals surface area contributed by atoms with E-state index in [2.05, 4.69) is 40.0 Å². The van der Waals surface area contributed by atoms with Crippen molar-refractivity contribution in [2.45, 2.75) is 12.5 Å². The first-order valence-electron chi connectivity index (χ1n) is 10.7. The van der Waals surface area contributed by atoms with Crippen molar-refractivity contribution in [2.75, 3.05) is 31.7 Å². The van der Waals surface area contributed by atoms with E-state index in [0.717, 1.165) is 22.3 Å². The van der Waals surface area contributed by atoms with Gasteiger partial charge in [0.1, 0.15) is 19.8 Å². The van der Waals surface area contributed by atoms with Gasteiger partial charge in [0.2, 0.25) is 5.91 Å². The molecule has 0 unspecified atom stereocenters. The van der Waals surface area contributed by atoms with Crippen LogP contribution in [-0.2, 0) is 25.6 Å². The molecular weight excluding hydrogens is 440 g/mol. The molecule has 2 amide bonds. The SMILES string of the molecule is O=C(O)COCCNC(=O)Cn1cc(NC(=O)OCC2c3ccccc3-c3ccccc32)cn1. The number of benzene rings is 2. The van der Waals surface area contributed by atoms with Crippen molar-refractivity contribution in [1.82, 2.24) is 15.1 Å². The number of rotatable bonds is 10. The highest BCUT2D eigenvalue weighted by Crippen LogP contribution is 2.44. The lowest BCUT2D eigenvalue weighted by Crippen LogP contribution is -2.31. The molecule has 0 saturated heterocycles. The molecular formula is C24H24N4O6. The van der Waals surface area contributed by atoms with Crippen molar-refractivity contribution < 1.29 is 29.0 Å². The molecule has 1 aliphatic rings. The topological polar surface area (TPSA) is 132 Å². The molecule has 10 heteroatoms. The Hall–Kier alpha value is -4.18. The molecule has 0 spiro atoms. The summed E-state index contributed by atoms with van der Waals surface area (Å²) in [4.78, 5) is 34.7. The number of carboxylic acids is 1. The predicted octanol–water partition coefficient (Wildman–Crippen LogP) is 2.46. The molecule has 1 heterocycles. The number of nitrogens with zero attached hydrogens (tertiary/aromatic N) is 2. The molecule has 1 aliphatic carbocycles. The van der Waals surface area contributed by atoms with E-state index in [4.69, 9.17) is 14.6 Å². The monoisotopic (exact) mass is 464 g/mol. The number of hydrogen-bond donors (Lipinski definition) is 3. The lowest BCUT2D eigenvalue weighted by molar-refractivity contribution is -0.142. The van der Waals surface area contributed by atoms with Crippen LogP contribution in [0.25, 0.3) is 11.1 Å². The number of hydrogen-bond acceptors (Lipinski definition) is 6. The van der Waals surface area contributed by atoms with Crippen LogP contribution in [0.4, 0.5) is 10.5 Å². The minimum Gasteiger partial charge on any atom is -0.480 e. The molecule has 4 rings (SSSR count). The summed E-state index contributed by atoms with van der Waals surface area (Å²) >= 11 is 0. The Bertz CT molecular complexity index is 1150. The van der Waals surface area contributed by atoms with Crippen molar-refractivity contribution in [1.29, 1.82) is 0 Å². The summed E-state index contributed by atoms with van der Waals surface area (Å²) < 4.78 is 11.7. The van der Waals surface area contributed by atoms with E-state index in [1.807, 2.05) is 24.3 Å². The summed E-state index contributed by atoms with van der Waals surface area (Å²) in [6.07, 6.45) is 2.33. The van der Waals surface area contributed by atoms with Gasteiger partial charge in [-0.1, -0.05) is 48.5 Å². The van der Waals surface area contributed by atoms with Gasteiger partial charge in [-0.15, -0.1) is 0 Å². The van der Waals surface area contributed by atoms with Crippen LogP contribution in [0.1, 0.15) is 17.0 Å². The van der Waals surface area contributed by atoms with Crippen LogP contribution in [0.15, 0.2) is 60.9 Å². The second-order valence-electron chi connectivity index (χ2n) is 7.67. The zero-order chi connectivity index (χ0) is 23.9. The maximum absolute atomic E-state index is 12.4. The van der Waals surface area contributed by atoms with Gasteiger partial charge in [0.25, 0.3) is 0 Å². The highest BCUT2D eigenvalue weighted by Gasteiger charge is 2.29. The Morgan fingerprint density at radius 1 is 1.03 bits per heavy atom. The smallest absolute Gasteiger partial charge is 0.411 e.